The Labute approximate surface area is 163 Å². The fourth-order valence-corrected chi connectivity index (χ4v) is 2.65. The normalized spacial score (nSPS) is 10.5. The van der Waals surface area contributed by atoms with Gasteiger partial charge >= 0.3 is 5.97 Å². The molecule has 0 saturated heterocycles. The molecule has 6 heteroatoms. The predicted octanol–water partition coefficient (Wildman–Crippen LogP) is 3.98. The number of benzene rings is 2. The molecule has 0 N–H and O–H groups in total. The fourth-order valence-electron chi connectivity index (χ4n) is 2.65. The van der Waals surface area contributed by atoms with E-state index in [0.29, 0.717) is 23.6 Å². The van der Waals surface area contributed by atoms with Crippen LogP contribution in [-0.4, -0.2) is 28.1 Å². The van der Waals surface area contributed by atoms with Crippen molar-refractivity contribution in [3.63, 3.8) is 0 Å². The summed E-state index contributed by atoms with van der Waals surface area (Å²) >= 11 is 0. The minimum absolute atomic E-state index is 0.0332. The molecule has 0 spiro atoms. The van der Waals surface area contributed by atoms with E-state index in [9.17, 15) is 9.59 Å². The molecule has 3 aromatic rings. The third-order valence-corrected chi connectivity index (χ3v) is 4.09. The first-order valence-corrected chi connectivity index (χ1v) is 9.17. The van der Waals surface area contributed by atoms with Crippen LogP contribution in [0.3, 0.4) is 0 Å². The molecule has 0 radical (unpaired) electrons. The number of para-hydroxylation sites is 1. The summed E-state index contributed by atoms with van der Waals surface area (Å²) in [4.78, 5) is 24.1. The summed E-state index contributed by atoms with van der Waals surface area (Å²) in [6, 6.07) is 18.4. The Morgan fingerprint density at radius 3 is 2.43 bits per heavy atom. The van der Waals surface area contributed by atoms with Crippen molar-refractivity contribution in [1.29, 1.82) is 0 Å². The summed E-state index contributed by atoms with van der Waals surface area (Å²) in [5.74, 6) is 0.190. The molecule has 0 amide bonds. The van der Waals surface area contributed by atoms with Crippen LogP contribution in [0.15, 0.2) is 66.9 Å². The van der Waals surface area contributed by atoms with E-state index in [-0.39, 0.29) is 25.2 Å². The van der Waals surface area contributed by atoms with Crippen LogP contribution in [0.2, 0.25) is 0 Å². The van der Waals surface area contributed by atoms with Gasteiger partial charge in [-0.15, -0.1) is 0 Å². The molecule has 1 aromatic heterocycles. The Balaban J connectivity index is 1.44. The molecule has 0 bridgehead atoms. The van der Waals surface area contributed by atoms with Gasteiger partial charge in [-0.1, -0.05) is 18.2 Å². The van der Waals surface area contributed by atoms with E-state index in [2.05, 4.69) is 5.10 Å². The number of ketones is 1. The first-order chi connectivity index (χ1) is 13.7. The van der Waals surface area contributed by atoms with Crippen molar-refractivity contribution in [2.45, 2.75) is 26.4 Å². The number of aromatic nitrogens is 2. The van der Waals surface area contributed by atoms with Crippen molar-refractivity contribution >= 4 is 11.8 Å². The lowest BCUT2D eigenvalue weighted by molar-refractivity contribution is -0.145. The highest BCUT2D eigenvalue weighted by molar-refractivity contribution is 5.97. The van der Waals surface area contributed by atoms with Gasteiger partial charge in [0, 0.05) is 18.2 Å². The van der Waals surface area contributed by atoms with E-state index in [1.165, 1.54) is 0 Å². The minimum Gasteiger partial charge on any atom is -0.494 e. The number of hydrogen-bond donors (Lipinski definition) is 0. The van der Waals surface area contributed by atoms with E-state index in [4.69, 9.17) is 9.47 Å². The van der Waals surface area contributed by atoms with E-state index in [1.54, 1.807) is 35.0 Å². The van der Waals surface area contributed by atoms with Crippen LogP contribution in [0, 0.1) is 0 Å². The molecule has 28 heavy (non-hydrogen) atoms. The van der Waals surface area contributed by atoms with Gasteiger partial charge < -0.3 is 9.47 Å². The first-order valence-electron chi connectivity index (χ1n) is 9.17. The maximum absolute atomic E-state index is 12.2. The van der Waals surface area contributed by atoms with Gasteiger partial charge in [0.25, 0.3) is 0 Å². The smallest absolute Gasteiger partial charge is 0.306 e. The molecule has 2 aromatic carbocycles. The Morgan fingerprint density at radius 2 is 1.71 bits per heavy atom. The second-order valence-corrected chi connectivity index (χ2v) is 6.13. The second-order valence-electron chi connectivity index (χ2n) is 6.13. The largest absolute Gasteiger partial charge is 0.494 e. The standard InChI is InChI=1S/C22H22N2O4/c1-2-27-20-10-8-17(9-11-20)21(25)12-13-22(26)28-16-18-14-15-24(23-18)19-6-4-3-5-7-19/h3-11,14-15H,2,12-13,16H2,1H3. The monoisotopic (exact) mass is 378 g/mol. The molecular weight excluding hydrogens is 356 g/mol. The molecule has 0 aliphatic carbocycles. The highest BCUT2D eigenvalue weighted by Crippen LogP contribution is 2.14. The number of carbonyl (C=O) groups is 2. The van der Waals surface area contributed by atoms with Crippen LogP contribution in [-0.2, 0) is 16.1 Å². The van der Waals surface area contributed by atoms with Gasteiger partial charge in [0.2, 0.25) is 0 Å². The van der Waals surface area contributed by atoms with E-state index in [1.807, 2.05) is 43.5 Å². The molecule has 0 fully saturated rings. The van der Waals surface area contributed by atoms with Crippen molar-refractivity contribution in [2.24, 2.45) is 0 Å². The fraction of sp³-hybridized carbons (Fsp3) is 0.227. The van der Waals surface area contributed by atoms with Crippen molar-refractivity contribution in [1.82, 2.24) is 9.78 Å². The summed E-state index contributed by atoms with van der Waals surface area (Å²) in [6.45, 7) is 2.55. The number of Topliss-reactive ketones (excluding diaryl/α,β-unsaturated/α-hetero) is 1. The Hall–Kier alpha value is -3.41. The molecule has 6 nitrogen and oxygen atoms in total. The molecular formula is C22H22N2O4. The molecule has 0 aliphatic heterocycles. The minimum atomic E-state index is -0.423. The highest BCUT2D eigenvalue weighted by atomic mass is 16.5. The molecule has 0 unspecified atom stereocenters. The van der Waals surface area contributed by atoms with Crippen LogP contribution in [0.1, 0.15) is 35.8 Å². The van der Waals surface area contributed by atoms with Crippen LogP contribution < -0.4 is 4.74 Å². The average Bonchev–Trinajstić information content (AvgIpc) is 3.21. The SMILES string of the molecule is CCOc1ccc(C(=O)CCC(=O)OCc2ccn(-c3ccccc3)n2)cc1. The zero-order valence-corrected chi connectivity index (χ0v) is 15.7. The van der Waals surface area contributed by atoms with Gasteiger partial charge in [0.05, 0.1) is 18.7 Å². The van der Waals surface area contributed by atoms with Crippen molar-refractivity contribution in [3.05, 3.63) is 78.1 Å². The molecule has 144 valence electrons. The molecule has 3 rings (SSSR count). The van der Waals surface area contributed by atoms with Gasteiger partial charge in [-0.3, -0.25) is 9.59 Å². The Bertz CT molecular complexity index is 917. The summed E-state index contributed by atoms with van der Waals surface area (Å²) < 4.78 is 12.3. The number of hydrogen-bond acceptors (Lipinski definition) is 5. The lowest BCUT2D eigenvalue weighted by atomic mass is 10.1. The molecule has 0 saturated carbocycles. The lowest BCUT2D eigenvalue weighted by Crippen LogP contribution is -2.09. The lowest BCUT2D eigenvalue weighted by Gasteiger charge is -2.05. The van der Waals surface area contributed by atoms with Crippen LogP contribution >= 0.6 is 0 Å². The summed E-state index contributed by atoms with van der Waals surface area (Å²) in [7, 11) is 0. The third kappa shape index (κ3) is 5.30. The van der Waals surface area contributed by atoms with Gasteiger partial charge in [0.1, 0.15) is 18.1 Å². The van der Waals surface area contributed by atoms with E-state index < -0.39 is 5.97 Å². The average molecular weight is 378 g/mol. The second kappa shape index (κ2) is 9.50. The zero-order chi connectivity index (χ0) is 19.8. The number of ether oxygens (including phenoxy) is 2. The number of esters is 1. The highest BCUT2D eigenvalue weighted by Gasteiger charge is 2.11. The van der Waals surface area contributed by atoms with Gasteiger partial charge in [0.15, 0.2) is 5.78 Å². The number of rotatable bonds is 9. The van der Waals surface area contributed by atoms with Crippen molar-refractivity contribution < 1.29 is 19.1 Å². The van der Waals surface area contributed by atoms with Gasteiger partial charge in [-0.25, -0.2) is 4.68 Å². The predicted molar refractivity (Wildman–Crippen MR) is 105 cm³/mol. The number of carbonyl (C=O) groups excluding carboxylic acids is 2. The first kappa shape index (κ1) is 19.4. The van der Waals surface area contributed by atoms with Gasteiger partial charge in [-0.2, -0.15) is 5.10 Å². The summed E-state index contributed by atoms with van der Waals surface area (Å²) in [6.07, 6.45) is 1.95. The van der Waals surface area contributed by atoms with E-state index >= 15 is 0 Å². The Kier molecular flexibility index (Phi) is 6.57. The number of nitrogens with zero attached hydrogens (tertiary/aromatic N) is 2. The molecule has 0 aliphatic rings. The summed E-state index contributed by atoms with van der Waals surface area (Å²) in [5.41, 5.74) is 2.13. The molecule has 1 heterocycles. The zero-order valence-electron chi connectivity index (χ0n) is 15.7. The Morgan fingerprint density at radius 1 is 0.964 bits per heavy atom. The van der Waals surface area contributed by atoms with Crippen LogP contribution in [0.5, 0.6) is 5.75 Å². The topological polar surface area (TPSA) is 70.4 Å². The third-order valence-electron chi connectivity index (χ3n) is 4.09. The van der Waals surface area contributed by atoms with Crippen molar-refractivity contribution in [2.75, 3.05) is 6.61 Å². The van der Waals surface area contributed by atoms with E-state index in [0.717, 1.165) is 5.69 Å². The maximum atomic E-state index is 12.2. The quantitative estimate of drug-likeness (QED) is 0.416. The van der Waals surface area contributed by atoms with Gasteiger partial charge in [-0.05, 0) is 49.4 Å². The van der Waals surface area contributed by atoms with Crippen molar-refractivity contribution in [3.8, 4) is 11.4 Å². The maximum Gasteiger partial charge on any atom is 0.306 e. The van der Waals surface area contributed by atoms with Crippen LogP contribution in [0.4, 0.5) is 0 Å². The molecule has 0 atom stereocenters. The van der Waals surface area contributed by atoms with Crippen LogP contribution in [0.25, 0.3) is 5.69 Å². The summed E-state index contributed by atoms with van der Waals surface area (Å²) in [5, 5.41) is 4.38.